The van der Waals surface area contributed by atoms with Gasteiger partial charge in [0.25, 0.3) is 0 Å². The van der Waals surface area contributed by atoms with Crippen molar-refractivity contribution in [2.75, 3.05) is 0 Å². The van der Waals surface area contributed by atoms with E-state index in [0.29, 0.717) is 5.95 Å². The van der Waals surface area contributed by atoms with Crippen LogP contribution in [0.15, 0.2) is 231 Å². The lowest BCUT2D eigenvalue weighted by Gasteiger charge is -2.15. The van der Waals surface area contributed by atoms with Crippen molar-refractivity contribution in [1.29, 1.82) is 0 Å². The van der Waals surface area contributed by atoms with Crippen molar-refractivity contribution in [3.8, 4) is 45.1 Å². The summed E-state index contributed by atoms with van der Waals surface area (Å²) in [5.74, 6) is 0.649. The summed E-state index contributed by atoms with van der Waals surface area (Å²) in [5.41, 5.74) is 13.4. The maximum Gasteiger partial charge on any atom is 0.235 e. The number of benzene rings is 11. The Bertz CT molecular complexity index is 4280. The Hall–Kier alpha value is -8.86. The van der Waals surface area contributed by atoms with Gasteiger partial charge in [0.15, 0.2) is 0 Å². The van der Waals surface area contributed by atoms with E-state index < -0.39 is 0 Å². The maximum absolute atomic E-state index is 5.55. The van der Waals surface area contributed by atoms with Crippen LogP contribution in [0, 0.1) is 0 Å². The van der Waals surface area contributed by atoms with E-state index in [4.69, 9.17) is 9.97 Å². The molecule has 0 atom stereocenters. The molecule has 0 radical (unpaired) electrons. The fourth-order valence-electron chi connectivity index (χ4n) is 10.8. The largest absolute Gasteiger partial charge is 0.309 e. The van der Waals surface area contributed by atoms with E-state index in [9.17, 15) is 0 Å². The number of rotatable bonds is 5. The molecule has 11 aromatic carbocycles. The Morgan fingerprint density at radius 2 is 0.939 bits per heavy atom. The van der Waals surface area contributed by atoms with Crippen molar-refractivity contribution in [2.24, 2.45) is 0 Å². The zero-order valence-corrected chi connectivity index (χ0v) is 35.7. The van der Waals surface area contributed by atoms with Crippen LogP contribution in [-0.4, -0.2) is 19.1 Å². The van der Waals surface area contributed by atoms with Crippen molar-refractivity contribution in [3.05, 3.63) is 231 Å². The maximum atomic E-state index is 5.55. The lowest BCUT2D eigenvalue weighted by molar-refractivity contribution is 1.02. The Morgan fingerprint density at radius 1 is 0.303 bits per heavy atom. The molecule has 66 heavy (non-hydrogen) atoms. The highest BCUT2D eigenvalue weighted by Gasteiger charge is 2.23. The highest BCUT2D eigenvalue weighted by atomic mass is 15.2. The number of nitrogens with zero attached hydrogens (tertiary/aromatic N) is 4. The first-order valence-electron chi connectivity index (χ1n) is 22.6. The van der Waals surface area contributed by atoms with Gasteiger partial charge >= 0.3 is 0 Å². The number of aromatic nitrogens is 4. The van der Waals surface area contributed by atoms with Crippen LogP contribution in [0.2, 0.25) is 0 Å². The van der Waals surface area contributed by atoms with Crippen molar-refractivity contribution >= 4 is 86.8 Å². The van der Waals surface area contributed by atoms with Crippen molar-refractivity contribution in [2.45, 2.75) is 0 Å². The second kappa shape index (κ2) is 14.3. The first-order chi connectivity index (χ1) is 32.8. The fraction of sp³-hybridized carbons (Fsp3) is 0. The van der Waals surface area contributed by atoms with Gasteiger partial charge in [-0.3, -0.25) is 4.57 Å². The van der Waals surface area contributed by atoms with E-state index >= 15 is 0 Å². The van der Waals surface area contributed by atoms with Crippen molar-refractivity contribution < 1.29 is 0 Å². The molecule has 0 spiro atoms. The van der Waals surface area contributed by atoms with Gasteiger partial charge in [-0.05, 0) is 80.2 Å². The lowest BCUT2D eigenvalue weighted by Crippen LogP contribution is -2.04. The van der Waals surface area contributed by atoms with Gasteiger partial charge < -0.3 is 4.57 Å². The molecule has 0 fully saturated rings. The molecule has 306 valence electrons. The molecule has 14 aromatic rings. The van der Waals surface area contributed by atoms with E-state index in [1.165, 1.54) is 65.4 Å². The molecule has 0 aliphatic carbocycles. The monoisotopic (exact) mass is 838 g/mol. The molecule has 0 saturated heterocycles. The van der Waals surface area contributed by atoms with E-state index in [-0.39, 0.29) is 0 Å². The average molecular weight is 839 g/mol. The van der Waals surface area contributed by atoms with E-state index in [1.807, 2.05) is 0 Å². The lowest BCUT2D eigenvalue weighted by atomic mass is 9.97. The van der Waals surface area contributed by atoms with Crippen molar-refractivity contribution in [1.82, 2.24) is 19.1 Å². The van der Waals surface area contributed by atoms with Crippen LogP contribution in [0.1, 0.15) is 0 Å². The summed E-state index contributed by atoms with van der Waals surface area (Å²) in [5, 5.41) is 12.9. The number of hydrogen-bond acceptors (Lipinski definition) is 2. The average Bonchev–Trinajstić information content (AvgIpc) is 3.91. The molecular formula is C62H38N4. The summed E-state index contributed by atoms with van der Waals surface area (Å²) < 4.78 is 4.76. The summed E-state index contributed by atoms with van der Waals surface area (Å²) in [7, 11) is 0. The molecule has 0 amide bonds. The zero-order valence-electron chi connectivity index (χ0n) is 35.7. The normalized spacial score (nSPS) is 11.9. The number of fused-ring (bicyclic) bond motifs is 11. The van der Waals surface area contributed by atoms with E-state index in [2.05, 4.69) is 240 Å². The first-order valence-corrected chi connectivity index (χ1v) is 22.6. The molecule has 4 nitrogen and oxygen atoms in total. The fourth-order valence-corrected chi connectivity index (χ4v) is 10.8. The van der Waals surface area contributed by atoms with Gasteiger partial charge in [-0.15, -0.1) is 0 Å². The molecule has 0 aliphatic rings. The molecule has 0 N–H and O–H groups in total. The molecule has 0 saturated carbocycles. The molecule has 14 rings (SSSR count). The van der Waals surface area contributed by atoms with Gasteiger partial charge in [0.05, 0.1) is 39.0 Å². The summed E-state index contributed by atoms with van der Waals surface area (Å²) >= 11 is 0. The molecule has 4 heteroatoms. The van der Waals surface area contributed by atoms with Gasteiger partial charge in [0.1, 0.15) is 0 Å². The molecule has 0 unspecified atom stereocenters. The minimum atomic E-state index is 0.649. The molecule has 0 aliphatic heterocycles. The number of para-hydroxylation sites is 2. The quantitative estimate of drug-likeness (QED) is 0.173. The minimum absolute atomic E-state index is 0.649. The third-order valence-corrected chi connectivity index (χ3v) is 13.7. The second-order valence-electron chi connectivity index (χ2n) is 17.3. The van der Waals surface area contributed by atoms with Crippen LogP contribution in [0.3, 0.4) is 0 Å². The SMILES string of the molecule is c1ccc(-c2ccc(-n3c4ccccc4c4c(-c5ccc6c(c5)c5ccc7ccccc7c5n6-c5nc(-c6cccc7ccccc67)c6ccccc6n5)cccc43)c3ccccc23)cc1. The topological polar surface area (TPSA) is 35.6 Å². The summed E-state index contributed by atoms with van der Waals surface area (Å²) in [6, 6.07) is 83.4. The van der Waals surface area contributed by atoms with Crippen LogP contribution in [0.5, 0.6) is 0 Å². The predicted octanol–water partition coefficient (Wildman–Crippen LogP) is 16.3. The third kappa shape index (κ3) is 5.39. The second-order valence-corrected chi connectivity index (χ2v) is 17.3. The molecule has 3 heterocycles. The number of hydrogen-bond donors (Lipinski definition) is 0. The molecule has 3 aromatic heterocycles. The minimum Gasteiger partial charge on any atom is -0.309 e. The van der Waals surface area contributed by atoms with Crippen LogP contribution in [0.4, 0.5) is 0 Å². The standard InChI is InChI=1S/C62H38N4/c1-2-16-39(17-3-1)44-35-37-56(48-24-9-8-23-47(44)48)65-55-30-13-11-26-52(55)59-45(27-15-31-58(59)65)42-33-36-57-53(38-42)50-34-32-41-19-5-7-22-46(41)61(50)66(57)62-63-54-29-12-10-25-51(54)60(64-62)49-28-14-20-40-18-4-6-21-43(40)49/h1-38H. The van der Waals surface area contributed by atoms with Crippen LogP contribution >= 0.6 is 0 Å². The Labute approximate surface area is 379 Å². The van der Waals surface area contributed by atoms with Gasteiger partial charge in [-0.2, -0.15) is 0 Å². The first kappa shape index (κ1) is 36.6. The molecular weight excluding hydrogens is 801 g/mol. The van der Waals surface area contributed by atoms with Gasteiger partial charge in [0.2, 0.25) is 5.95 Å². The third-order valence-electron chi connectivity index (χ3n) is 13.7. The van der Waals surface area contributed by atoms with Gasteiger partial charge in [0, 0.05) is 43.3 Å². The van der Waals surface area contributed by atoms with E-state index in [0.717, 1.165) is 60.6 Å². The van der Waals surface area contributed by atoms with Crippen LogP contribution < -0.4 is 0 Å². The highest BCUT2D eigenvalue weighted by Crippen LogP contribution is 2.44. The van der Waals surface area contributed by atoms with Crippen LogP contribution in [0.25, 0.3) is 132 Å². The Morgan fingerprint density at radius 3 is 1.80 bits per heavy atom. The van der Waals surface area contributed by atoms with Gasteiger partial charge in [-0.1, -0.05) is 194 Å². The summed E-state index contributed by atoms with van der Waals surface area (Å²) in [6.07, 6.45) is 0. The summed E-state index contributed by atoms with van der Waals surface area (Å²) in [6.45, 7) is 0. The summed E-state index contributed by atoms with van der Waals surface area (Å²) in [4.78, 5) is 10.9. The Kier molecular flexibility index (Phi) is 7.95. The smallest absolute Gasteiger partial charge is 0.235 e. The predicted molar refractivity (Wildman–Crippen MR) is 277 cm³/mol. The Balaban J connectivity index is 1.02. The zero-order chi connectivity index (χ0) is 43.3. The highest BCUT2D eigenvalue weighted by molar-refractivity contribution is 6.21. The van der Waals surface area contributed by atoms with Gasteiger partial charge in [-0.25, -0.2) is 9.97 Å². The van der Waals surface area contributed by atoms with Crippen LogP contribution in [-0.2, 0) is 0 Å². The van der Waals surface area contributed by atoms with E-state index in [1.54, 1.807) is 0 Å². The van der Waals surface area contributed by atoms with Crippen molar-refractivity contribution in [3.63, 3.8) is 0 Å². The molecule has 0 bridgehead atoms.